The third-order valence-electron chi connectivity index (χ3n) is 4.29. The normalized spacial score (nSPS) is 9.41. The van der Waals surface area contributed by atoms with Gasteiger partial charge in [-0.25, -0.2) is 0 Å². The van der Waals surface area contributed by atoms with Crippen molar-refractivity contribution in [2.24, 2.45) is 0 Å². The molecule has 0 fully saturated rings. The van der Waals surface area contributed by atoms with E-state index in [0.717, 1.165) is 40.9 Å². The molecule has 0 saturated carbocycles. The van der Waals surface area contributed by atoms with E-state index < -0.39 is 0 Å². The molecule has 0 aliphatic carbocycles. The van der Waals surface area contributed by atoms with Crippen molar-refractivity contribution in [1.82, 2.24) is 0 Å². The van der Waals surface area contributed by atoms with Gasteiger partial charge in [0.05, 0.1) is 56.4 Å². The Morgan fingerprint density at radius 3 is 0.659 bits per heavy atom. The van der Waals surface area contributed by atoms with Crippen molar-refractivity contribution >= 4 is 113 Å². The van der Waals surface area contributed by atoms with E-state index in [2.05, 4.69) is 225 Å². The quantitative estimate of drug-likeness (QED) is 0.263. The number of hydrogen-bond donors (Lipinski definition) is 0. The molecule has 12 heteroatoms. The topological polar surface area (TPSA) is 0 Å². The summed E-state index contributed by atoms with van der Waals surface area (Å²) in [5.41, 5.74) is 8.42. The van der Waals surface area contributed by atoms with Crippen molar-refractivity contribution < 1.29 is 58.4 Å². The number of benzene rings is 3. The zero-order valence-electron chi connectivity index (χ0n) is 26.9. The zero-order valence-corrected chi connectivity index (χ0v) is 41.8. The van der Waals surface area contributed by atoms with E-state index in [1.54, 1.807) is 0 Å². The van der Waals surface area contributed by atoms with Crippen LogP contribution in [-0.2, 0) is 81.4 Å². The second-order valence-electron chi connectivity index (χ2n) is 11.5. The van der Waals surface area contributed by atoms with Gasteiger partial charge in [-0.3, -0.25) is 0 Å². The van der Waals surface area contributed by atoms with Gasteiger partial charge in [-0.05, 0) is 0 Å². The molecule has 0 unspecified atom stereocenters. The SMILES string of the molecule is C[N+](C)(C)C.C[N+](C)(C)C.[Ni].[Ni].[Ni].[Se].[Se]Cc1ccccc1C[Se-].[Se]Cc1ccccc1C[Se-].[Se]Cc1ccccc1C[Se]. The predicted molar refractivity (Wildman–Crippen MR) is 190 cm³/mol. The van der Waals surface area contributed by atoms with Gasteiger partial charge < -0.3 is 8.97 Å². The summed E-state index contributed by atoms with van der Waals surface area (Å²) in [5, 5.41) is 6.07. The number of hydrogen-bond acceptors (Lipinski definition) is 0. The first-order chi connectivity index (χ1) is 18.6. The summed E-state index contributed by atoms with van der Waals surface area (Å²) in [5.74, 6) is 0. The Bertz CT molecular complexity index is 843. The van der Waals surface area contributed by atoms with Gasteiger partial charge in [0.25, 0.3) is 0 Å². The number of nitrogens with zero attached hydrogens (tertiary/aromatic N) is 2. The van der Waals surface area contributed by atoms with Gasteiger partial charge in [-0.15, -0.1) is 0 Å². The van der Waals surface area contributed by atoms with E-state index in [9.17, 15) is 0 Å². The van der Waals surface area contributed by atoms with Crippen LogP contribution in [0, 0.1) is 0 Å². The third kappa shape index (κ3) is 37.5. The fraction of sp³-hybridized carbons (Fsp3) is 0.438. The fourth-order valence-electron chi connectivity index (χ4n) is 2.52. The molecule has 6 radical (unpaired) electrons. The van der Waals surface area contributed by atoms with E-state index >= 15 is 0 Å². The fourth-order valence-corrected chi connectivity index (χ4v) is 6.06. The van der Waals surface area contributed by atoms with Crippen LogP contribution in [0.25, 0.3) is 0 Å². The second kappa shape index (κ2) is 35.5. The molecule has 2 nitrogen and oxygen atoms in total. The van der Waals surface area contributed by atoms with E-state index in [1.165, 1.54) is 33.4 Å². The summed E-state index contributed by atoms with van der Waals surface area (Å²) < 4.78 is 2.00. The molecule has 258 valence electrons. The molecule has 0 heterocycles. The molecule has 0 aromatic heterocycles. The molecule has 0 amide bonds. The minimum absolute atomic E-state index is 0. The average Bonchev–Trinajstić information content (AvgIpc) is 2.91. The Morgan fingerprint density at radius 1 is 0.409 bits per heavy atom. The Kier molecular flexibility index (Phi) is 47.5. The van der Waals surface area contributed by atoms with E-state index in [1.807, 2.05) is 0 Å². The van der Waals surface area contributed by atoms with Gasteiger partial charge in [0.1, 0.15) is 0 Å². The van der Waals surface area contributed by atoms with Crippen molar-refractivity contribution in [2.45, 2.75) is 31.9 Å². The van der Waals surface area contributed by atoms with Crippen molar-refractivity contribution in [3.8, 4) is 0 Å². The maximum atomic E-state index is 3.02. The molecule has 3 rings (SSSR count). The molecule has 0 aliphatic rings. The molecule has 0 aliphatic heterocycles. The van der Waals surface area contributed by atoms with Crippen molar-refractivity contribution in [3.63, 3.8) is 0 Å². The minimum atomic E-state index is 0. The first kappa shape index (κ1) is 58.9. The van der Waals surface area contributed by atoms with Crippen LogP contribution in [0.1, 0.15) is 33.4 Å². The maximum absolute atomic E-state index is 3.02. The van der Waals surface area contributed by atoms with E-state index in [4.69, 9.17) is 0 Å². The summed E-state index contributed by atoms with van der Waals surface area (Å²) in [6, 6.07) is 25.4. The number of rotatable bonds is 6. The van der Waals surface area contributed by atoms with Crippen LogP contribution in [0.3, 0.4) is 0 Å². The molecule has 0 N–H and O–H groups in total. The molecule has 0 atom stereocenters. The summed E-state index contributed by atoms with van der Waals surface area (Å²) in [4.78, 5) is 0. The van der Waals surface area contributed by atoms with Crippen molar-refractivity contribution in [3.05, 3.63) is 106 Å². The van der Waals surface area contributed by atoms with Crippen molar-refractivity contribution in [2.75, 3.05) is 56.4 Å². The Balaban J connectivity index is -0.000000103. The van der Waals surface area contributed by atoms with Crippen molar-refractivity contribution in [1.29, 1.82) is 0 Å². The summed E-state index contributed by atoms with van der Waals surface area (Å²) in [7, 11) is 17.0. The van der Waals surface area contributed by atoms with Crippen LogP contribution in [0.15, 0.2) is 72.8 Å². The average molecular weight is 1190 g/mol. The molecule has 0 spiro atoms. The molecular formula is C32H48N2Ni3Se7. The molecule has 44 heavy (non-hydrogen) atoms. The Labute approximate surface area is 361 Å². The summed E-state index contributed by atoms with van der Waals surface area (Å²) in [6.07, 6.45) is 0. The molecule has 3 aromatic carbocycles. The Morgan fingerprint density at radius 2 is 0.545 bits per heavy atom. The van der Waals surface area contributed by atoms with Gasteiger partial charge in [0, 0.05) is 66.5 Å². The van der Waals surface area contributed by atoms with Crippen LogP contribution < -0.4 is 0 Å². The monoisotopic (exact) mass is 1190 g/mol. The van der Waals surface area contributed by atoms with Crippen LogP contribution in [0.2, 0.25) is 0 Å². The van der Waals surface area contributed by atoms with Gasteiger partial charge in [0.15, 0.2) is 0 Å². The predicted octanol–water partition coefficient (Wildman–Crippen LogP) is 3.33. The second-order valence-corrected chi connectivity index (χ2v) is 15.2. The van der Waals surface area contributed by atoms with Gasteiger partial charge in [0.2, 0.25) is 0 Å². The van der Waals surface area contributed by atoms with Gasteiger partial charge >= 0.3 is 234 Å². The first-order valence-electron chi connectivity index (χ1n) is 12.9. The Hall–Kier alpha value is 2.70. The molecule has 0 bridgehead atoms. The van der Waals surface area contributed by atoms with Gasteiger partial charge in [-0.1, -0.05) is 0 Å². The van der Waals surface area contributed by atoms with Crippen LogP contribution >= 0.6 is 0 Å². The van der Waals surface area contributed by atoms with Crippen LogP contribution in [0.5, 0.6) is 0 Å². The standard InChI is InChI=1S/2C8H9Se2.C8H8Se2.2C4H12N.3Ni.Se/c3*9-5-7-3-1-2-4-8(7)6-10;2*1-5(2,3)4;;;;/h2*1-4,9H,5-6H2;1-4H,5-6H2;2*1-4H3;;;;/q;;;2*+1;;;;/p-2. The summed E-state index contributed by atoms with van der Waals surface area (Å²) in [6.45, 7) is 0. The molecule has 3 aromatic rings. The van der Waals surface area contributed by atoms with Crippen LogP contribution in [0.4, 0.5) is 0 Å². The summed E-state index contributed by atoms with van der Waals surface area (Å²) >= 11 is 18.1. The third-order valence-corrected chi connectivity index (χ3v) is 8.20. The molecular weight excluding hydrogens is 1140 g/mol. The van der Waals surface area contributed by atoms with E-state index in [-0.39, 0.29) is 66.5 Å². The first-order valence-corrected chi connectivity index (χ1v) is 20.2. The van der Waals surface area contributed by atoms with Gasteiger partial charge in [-0.2, -0.15) is 0 Å². The van der Waals surface area contributed by atoms with E-state index in [0.29, 0.717) is 0 Å². The number of quaternary nitrogens is 2. The van der Waals surface area contributed by atoms with Crippen LogP contribution in [-0.4, -0.2) is 178 Å². The molecule has 0 saturated heterocycles. The zero-order chi connectivity index (χ0) is 31.2.